The molecule has 2 heterocycles. The summed E-state index contributed by atoms with van der Waals surface area (Å²) in [6, 6.07) is 11.1. The van der Waals surface area contributed by atoms with Gasteiger partial charge in [-0.3, -0.25) is 4.99 Å². The van der Waals surface area contributed by atoms with Crippen LogP contribution < -0.4 is 10.6 Å². The maximum Gasteiger partial charge on any atom is 0.191 e. The average molecular weight is 380 g/mol. The van der Waals surface area contributed by atoms with Crippen LogP contribution in [-0.4, -0.2) is 27.8 Å². The Kier molecular flexibility index (Phi) is 6.03. The number of aromatic nitrogens is 3. The number of aliphatic imine (C=N–C) groups is 1. The van der Waals surface area contributed by atoms with Crippen molar-refractivity contribution in [2.24, 2.45) is 4.99 Å². The summed E-state index contributed by atoms with van der Waals surface area (Å²) < 4.78 is 15.2. The largest absolute Gasteiger partial charge is 0.352 e. The van der Waals surface area contributed by atoms with Gasteiger partial charge in [0.25, 0.3) is 0 Å². The van der Waals surface area contributed by atoms with E-state index in [1.807, 2.05) is 49.0 Å². The number of guanidine groups is 1. The maximum absolute atomic E-state index is 13.4. The normalized spacial score (nSPS) is 11.5. The van der Waals surface area contributed by atoms with E-state index < -0.39 is 0 Å². The van der Waals surface area contributed by atoms with Crippen LogP contribution in [0.4, 0.5) is 4.39 Å². The van der Waals surface area contributed by atoms with Gasteiger partial charge in [-0.15, -0.1) is 0 Å². The molecule has 28 heavy (non-hydrogen) atoms. The maximum atomic E-state index is 13.4. The lowest BCUT2D eigenvalue weighted by Crippen LogP contribution is -2.36. The Balaban J connectivity index is 1.56. The predicted molar refractivity (Wildman–Crippen MR) is 109 cm³/mol. The van der Waals surface area contributed by atoms with E-state index in [2.05, 4.69) is 25.7 Å². The topological polar surface area (TPSA) is 67.1 Å². The van der Waals surface area contributed by atoms with E-state index in [1.54, 1.807) is 20.0 Å². The van der Waals surface area contributed by atoms with Crippen LogP contribution in [0.15, 0.2) is 47.6 Å². The van der Waals surface area contributed by atoms with Crippen molar-refractivity contribution in [1.82, 2.24) is 25.4 Å². The number of rotatable bonds is 5. The summed E-state index contributed by atoms with van der Waals surface area (Å²) in [5.41, 5.74) is 4.69. The van der Waals surface area contributed by atoms with Crippen molar-refractivity contribution in [3.8, 4) is 5.82 Å². The molecule has 0 unspecified atom stereocenters. The quantitative estimate of drug-likeness (QED) is 0.527. The Morgan fingerprint density at radius 3 is 2.32 bits per heavy atom. The van der Waals surface area contributed by atoms with Crippen LogP contribution in [-0.2, 0) is 13.1 Å². The smallest absolute Gasteiger partial charge is 0.191 e. The van der Waals surface area contributed by atoms with Gasteiger partial charge in [0.15, 0.2) is 11.8 Å². The first-order chi connectivity index (χ1) is 13.5. The summed E-state index contributed by atoms with van der Waals surface area (Å²) in [4.78, 5) is 8.73. The zero-order valence-corrected chi connectivity index (χ0v) is 16.6. The molecule has 0 bridgehead atoms. The minimum atomic E-state index is -0.192. The molecule has 0 amide bonds. The average Bonchev–Trinajstić information content (AvgIpc) is 3.03. The molecule has 2 aromatic heterocycles. The molecule has 0 aliphatic rings. The second kappa shape index (κ2) is 8.65. The third-order valence-corrected chi connectivity index (χ3v) is 4.40. The number of aryl methyl sites for hydroxylation is 3. The fourth-order valence-electron chi connectivity index (χ4n) is 2.92. The Labute approximate surface area is 164 Å². The highest BCUT2D eigenvalue weighted by Gasteiger charge is 2.06. The molecule has 0 spiro atoms. The molecule has 1 aromatic carbocycles. The highest BCUT2D eigenvalue weighted by atomic mass is 19.1. The van der Waals surface area contributed by atoms with Crippen LogP contribution in [0.1, 0.15) is 28.1 Å². The fourth-order valence-corrected chi connectivity index (χ4v) is 2.92. The third-order valence-electron chi connectivity index (χ3n) is 4.40. The monoisotopic (exact) mass is 380 g/mol. The van der Waals surface area contributed by atoms with Crippen molar-refractivity contribution in [2.75, 3.05) is 7.05 Å². The van der Waals surface area contributed by atoms with E-state index >= 15 is 0 Å². The lowest BCUT2D eigenvalue weighted by atomic mass is 10.1. The number of pyridine rings is 1. The van der Waals surface area contributed by atoms with Crippen molar-refractivity contribution in [3.05, 3.63) is 76.5 Å². The van der Waals surface area contributed by atoms with Gasteiger partial charge in [0.1, 0.15) is 5.82 Å². The molecule has 6 nitrogen and oxygen atoms in total. The Hall–Kier alpha value is -3.22. The van der Waals surface area contributed by atoms with Crippen LogP contribution in [0.2, 0.25) is 0 Å². The molecule has 0 atom stereocenters. The van der Waals surface area contributed by atoms with Gasteiger partial charge in [-0.2, -0.15) is 5.10 Å². The molecule has 0 aliphatic heterocycles. The van der Waals surface area contributed by atoms with Crippen molar-refractivity contribution in [1.29, 1.82) is 0 Å². The SMILES string of the molecule is CN=C(NCc1ccc(-n2nc(C)cc2C)nc1)NCc1ccc(F)c(C)c1. The number of nitrogens with zero attached hydrogens (tertiary/aromatic N) is 4. The van der Waals surface area contributed by atoms with Crippen LogP contribution in [0.25, 0.3) is 5.82 Å². The van der Waals surface area contributed by atoms with Gasteiger partial charge >= 0.3 is 0 Å². The van der Waals surface area contributed by atoms with Crippen molar-refractivity contribution < 1.29 is 4.39 Å². The van der Waals surface area contributed by atoms with Gasteiger partial charge in [0, 0.05) is 32.0 Å². The molecule has 0 saturated carbocycles. The zero-order chi connectivity index (χ0) is 20.1. The molecule has 7 heteroatoms. The standard InChI is InChI=1S/C21H25FN6/c1-14-9-17(5-7-19(14)22)11-25-21(23-4)26-13-18-6-8-20(24-12-18)28-16(3)10-15(2)27-28/h5-10,12H,11,13H2,1-4H3,(H2,23,25,26). The van der Waals surface area contributed by atoms with Crippen LogP contribution in [0, 0.1) is 26.6 Å². The van der Waals surface area contributed by atoms with Crippen LogP contribution in [0.3, 0.4) is 0 Å². The molecule has 0 fully saturated rings. The van der Waals surface area contributed by atoms with Crippen LogP contribution >= 0.6 is 0 Å². The number of halogens is 1. The summed E-state index contributed by atoms with van der Waals surface area (Å²) in [7, 11) is 1.72. The van der Waals surface area contributed by atoms with Crippen molar-refractivity contribution in [2.45, 2.75) is 33.9 Å². The summed E-state index contributed by atoms with van der Waals surface area (Å²) >= 11 is 0. The first kappa shape index (κ1) is 19.5. The zero-order valence-electron chi connectivity index (χ0n) is 16.6. The third kappa shape index (κ3) is 4.73. The highest BCUT2D eigenvalue weighted by Crippen LogP contribution is 2.11. The van der Waals surface area contributed by atoms with E-state index in [0.717, 1.165) is 28.3 Å². The van der Waals surface area contributed by atoms with E-state index in [4.69, 9.17) is 0 Å². The molecule has 2 N–H and O–H groups in total. The van der Waals surface area contributed by atoms with Gasteiger partial charge in [-0.25, -0.2) is 14.1 Å². The molecular weight excluding hydrogens is 355 g/mol. The van der Waals surface area contributed by atoms with Gasteiger partial charge < -0.3 is 10.6 Å². The molecule has 146 valence electrons. The molecule has 3 rings (SSSR count). The summed E-state index contributed by atoms with van der Waals surface area (Å²) in [6.45, 7) is 6.89. The van der Waals surface area contributed by atoms with E-state index in [0.29, 0.717) is 24.6 Å². The Bertz CT molecular complexity index is 975. The van der Waals surface area contributed by atoms with Gasteiger partial charge in [0.2, 0.25) is 0 Å². The lowest BCUT2D eigenvalue weighted by Gasteiger charge is -2.13. The van der Waals surface area contributed by atoms with Crippen molar-refractivity contribution >= 4 is 5.96 Å². The number of hydrogen-bond acceptors (Lipinski definition) is 3. The predicted octanol–water partition coefficient (Wildman–Crippen LogP) is 3.20. The van der Waals surface area contributed by atoms with Crippen LogP contribution in [0.5, 0.6) is 0 Å². The summed E-state index contributed by atoms with van der Waals surface area (Å²) in [6.07, 6.45) is 1.83. The van der Waals surface area contributed by atoms with E-state index in [9.17, 15) is 4.39 Å². The first-order valence-corrected chi connectivity index (χ1v) is 9.14. The molecule has 0 saturated heterocycles. The van der Waals surface area contributed by atoms with Crippen molar-refractivity contribution in [3.63, 3.8) is 0 Å². The van der Waals surface area contributed by atoms with E-state index in [-0.39, 0.29) is 5.82 Å². The van der Waals surface area contributed by atoms with Gasteiger partial charge in [-0.05, 0) is 55.7 Å². The first-order valence-electron chi connectivity index (χ1n) is 9.14. The summed E-state index contributed by atoms with van der Waals surface area (Å²) in [5.74, 6) is 1.27. The van der Waals surface area contributed by atoms with Gasteiger partial charge in [0.05, 0.1) is 5.69 Å². The van der Waals surface area contributed by atoms with Gasteiger partial charge in [-0.1, -0.05) is 18.2 Å². The second-order valence-corrected chi connectivity index (χ2v) is 6.73. The highest BCUT2D eigenvalue weighted by molar-refractivity contribution is 5.79. The minimum Gasteiger partial charge on any atom is -0.352 e. The minimum absolute atomic E-state index is 0.192. The van der Waals surface area contributed by atoms with E-state index in [1.165, 1.54) is 6.07 Å². The second-order valence-electron chi connectivity index (χ2n) is 6.73. The Morgan fingerprint density at radius 2 is 1.75 bits per heavy atom. The fraction of sp³-hybridized carbons (Fsp3) is 0.286. The number of hydrogen-bond donors (Lipinski definition) is 2. The lowest BCUT2D eigenvalue weighted by molar-refractivity contribution is 0.617. The Morgan fingerprint density at radius 1 is 1.04 bits per heavy atom. The molecular formula is C21H25FN6. The molecule has 0 aliphatic carbocycles. The number of benzene rings is 1. The molecule has 0 radical (unpaired) electrons. The summed E-state index contributed by atoms with van der Waals surface area (Å²) in [5, 5.41) is 10.9. The number of nitrogens with one attached hydrogen (secondary N) is 2. The molecule has 3 aromatic rings.